The van der Waals surface area contributed by atoms with Gasteiger partial charge in [-0.25, -0.2) is 0 Å². The van der Waals surface area contributed by atoms with Crippen LogP contribution in [0.4, 0.5) is 0 Å². The second-order valence-electron chi connectivity index (χ2n) is 2.10. The maximum atomic E-state index is 10.8. The van der Waals surface area contributed by atoms with Crippen molar-refractivity contribution in [1.29, 1.82) is 0 Å². The smallest absolute Gasteiger partial charge is 0.269 e. The van der Waals surface area contributed by atoms with Crippen LogP contribution in [-0.2, 0) is 9.59 Å². The highest BCUT2D eigenvalue weighted by atomic mass is 32.1. The molecule has 0 bridgehead atoms. The van der Waals surface area contributed by atoms with Gasteiger partial charge < -0.3 is 10.6 Å². The molecule has 0 aliphatic carbocycles. The molecule has 1 aliphatic rings. The topological polar surface area (TPSA) is 70.2 Å². The van der Waals surface area contributed by atoms with Crippen LogP contribution in [-0.4, -0.2) is 23.1 Å². The molecule has 0 spiro atoms. The Morgan fingerprint density at radius 2 is 2.36 bits per heavy atom. The summed E-state index contributed by atoms with van der Waals surface area (Å²) in [5.74, 6) is -0.604. The summed E-state index contributed by atoms with van der Waals surface area (Å²) < 4.78 is 0. The van der Waals surface area contributed by atoms with Crippen molar-refractivity contribution in [3.8, 4) is 0 Å². The van der Waals surface area contributed by atoms with Gasteiger partial charge in [0.05, 0.1) is 0 Å². The number of hydrogen-bond donors (Lipinski definition) is 3. The predicted molar refractivity (Wildman–Crippen MR) is 41.5 cm³/mol. The molecule has 1 saturated heterocycles. The zero-order valence-corrected chi connectivity index (χ0v) is 6.62. The third kappa shape index (κ3) is 1.87. The lowest BCUT2D eigenvalue weighted by Crippen LogP contribution is -2.45. The number of hydrogen-bond acceptors (Lipinski definition) is 3. The SMILES string of the molecule is CC(=O)NC1NC(=S)NC1=O. The Balaban J connectivity index is 2.53. The van der Waals surface area contributed by atoms with Gasteiger partial charge in [-0.2, -0.15) is 0 Å². The van der Waals surface area contributed by atoms with E-state index in [9.17, 15) is 9.59 Å². The first-order chi connectivity index (χ1) is 5.09. The number of thiocarbonyl (C=S) groups is 1. The maximum Gasteiger partial charge on any atom is 0.269 e. The molecule has 1 rings (SSSR count). The van der Waals surface area contributed by atoms with Crippen molar-refractivity contribution in [2.75, 3.05) is 0 Å². The normalized spacial score (nSPS) is 22.5. The molecule has 1 heterocycles. The minimum atomic E-state index is -0.708. The number of nitrogens with one attached hydrogen (secondary N) is 3. The monoisotopic (exact) mass is 173 g/mol. The van der Waals surface area contributed by atoms with E-state index in [1.165, 1.54) is 6.92 Å². The molecule has 0 aromatic heterocycles. The molecule has 60 valence electrons. The highest BCUT2D eigenvalue weighted by Gasteiger charge is 2.27. The van der Waals surface area contributed by atoms with Crippen LogP contribution < -0.4 is 16.0 Å². The second-order valence-corrected chi connectivity index (χ2v) is 2.50. The van der Waals surface area contributed by atoms with E-state index in [0.29, 0.717) is 0 Å². The van der Waals surface area contributed by atoms with E-state index >= 15 is 0 Å². The molecule has 0 saturated carbocycles. The molecule has 1 aliphatic heterocycles. The summed E-state index contributed by atoms with van der Waals surface area (Å²) in [5, 5.41) is 7.53. The first-order valence-corrected chi connectivity index (χ1v) is 3.39. The number of carbonyl (C=O) groups is 2. The molecule has 1 unspecified atom stereocenters. The summed E-state index contributed by atoms with van der Waals surface area (Å²) in [4.78, 5) is 21.3. The van der Waals surface area contributed by atoms with Gasteiger partial charge in [0.15, 0.2) is 11.3 Å². The maximum absolute atomic E-state index is 10.8. The minimum Gasteiger partial charge on any atom is -0.334 e. The molecule has 11 heavy (non-hydrogen) atoms. The average molecular weight is 173 g/mol. The summed E-state index contributed by atoms with van der Waals surface area (Å²) in [6.45, 7) is 1.33. The molecule has 0 radical (unpaired) electrons. The number of rotatable bonds is 1. The van der Waals surface area contributed by atoms with Crippen LogP contribution in [0.2, 0.25) is 0 Å². The zero-order valence-electron chi connectivity index (χ0n) is 5.80. The van der Waals surface area contributed by atoms with E-state index in [1.54, 1.807) is 0 Å². The lowest BCUT2D eigenvalue weighted by molar-refractivity contribution is -0.126. The Labute approximate surface area is 68.5 Å². The largest absolute Gasteiger partial charge is 0.334 e. The van der Waals surface area contributed by atoms with Crippen LogP contribution in [0.5, 0.6) is 0 Å². The van der Waals surface area contributed by atoms with E-state index in [1.807, 2.05) is 0 Å². The Hall–Kier alpha value is -1.17. The van der Waals surface area contributed by atoms with Crippen LogP contribution >= 0.6 is 12.2 Å². The highest BCUT2D eigenvalue weighted by Crippen LogP contribution is 1.88. The van der Waals surface area contributed by atoms with Crippen molar-refractivity contribution in [1.82, 2.24) is 16.0 Å². The fourth-order valence-corrected chi connectivity index (χ4v) is 0.940. The van der Waals surface area contributed by atoms with Crippen molar-refractivity contribution < 1.29 is 9.59 Å². The second kappa shape index (κ2) is 2.83. The van der Waals surface area contributed by atoms with Crippen molar-refractivity contribution in [2.45, 2.75) is 13.1 Å². The molecule has 1 atom stereocenters. The van der Waals surface area contributed by atoms with E-state index in [-0.39, 0.29) is 16.9 Å². The zero-order chi connectivity index (χ0) is 8.43. The summed E-state index contributed by atoms with van der Waals surface area (Å²) in [6, 6.07) is 0. The highest BCUT2D eigenvalue weighted by molar-refractivity contribution is 7.80. The van der Waals surface area contributed by atoms with Crippen LogP contribution in [0.15, 0.2) is 0 Å². The fraction of sp³-hybridized carbons (Fsp3) is 0.400. The van der Waals surface area contributed by atoms with Crippen molar-refractivity contribution in [3.05, 3.63) is 0 Å². The molecule has 1 fully saturated rings. The third-order valence-electron chi connectivity index (χ3n) is 1.12. The van der Waals surface area contributed by atoms with Crippen LogP contribution in [0, 0.1) is 0 Å². The lowest BCUT2D eigenvalue weighted by Gasteiger charge is -2.06. The summed E-state index contributed by atoms with van der Waals surface area (Å²) in [7, 11) is 0. The van der Waals surface area contributed by atoms with Gasteiger partial charge in [-0.05, 0) is 12.2 Å². The first-order valence-electron chi connectivity index (χ1n) is 2.98. The van der Waals surface area contributed by atoms with Crippen LogP contribution in [0.25, 0.3) is 0 Å². The Kier molecular flexibility index (Phi) is 2.04. The lowest BCUT2D eigenvalue weighted by atomic mass is 10.5. The van der Waals surface area contributed by atoms with E-state index in [2.05, 4.69) is 28.2 Å². The standard InChI is InChI=1S/C5H7N3O2S/c1-2(9)6-3-4(10)8-5(11)7-3/h3H,1H3,(H,6,9)(H2,7,8,10,11). The Morgan fingerprint density at radius 1 is 1.73 bits per heavy atom. The molecular weight excluding hydrogens is 166 g/mol. The average Bonchev–Trinajstić information content (AvgIpc) is 2.09. The van der Waals surface area contributed by atoms with Gasteiger partial charge in [-0.1, -0.05) is 0 Å². The first kappa shape index (κ1) is 7.93. The Bertz CT molecular complexity index is 228. The van der Waals surface area contributed by atoms with Crippen LogP contribution in [0.3, 0.4) is 0 Å². The predicted octanol–water partition coefficient (Wildman–Crippen LogP) is -1.55. The van der Waals surface area contributed by atoms with E-state index in [4.69, 9.17) is 0 Å². The molecule has 3 N–H and O–H groups in total. The summed E-state index contributed by atoms with van der Waals surface area (Å²) in [6.07, 6.45) is -0.708. The van der Waals surface area contributed by atoms with Gasteiger partial charge in [0, 0.05) is 6.92 Å². The number of carbonyl (C=O) groups excluding carboxylic acids is 2. The van der Waals surface area contributed by atoms with E-state index < -0.39 is 6.17 Å². The number of amides is 2. The van der Waals surface area contributed by atoms with Crippen LogP contribution in [0.1, 0.15) is 6.92 Å². The van der Waals surface area contributed by atoms with Crippen molar-refractivity contribution in [2.24, 2.45) is 0 Å². The van der Waals surface area contributed by atoms with Gasteiger partial charge in [0.2, 0.25) is 5.91 Å². The quantitative estimate of drug-likeness (QED) is 0.420. The van der Waals surface area contributed by atoms with Gasteiger partial charge in [0.25, 0.3) is 5.91 Å². The van der Waals surface area contributed by atoms with Gasteiger partial charge in [-0.15, -0.1) is 0 Å². The van der Waals surface area contributed by atoms with Crippen molar-refractivity contribution >= 4 is 29.1 Å². The minimum absolute atomic E-state index is 0.244. The summed E-state index contributed by atoms with van der Waals surface area (Å²) in [5.41, 5.74) is 0. The van der Waals surface area contributed by atoms with Crippen molar-refractivity contribution in [3.63, 3.8) is 0 Å². The van der Waals surface area contributed by atoms with E-state index in [0.717, 1.165) is 0 Å². The fourth-order valence-electron chi connectivity index (χ4n) is 0.722. The van der Waals surface area contributed by atoms with Gasteiger partial charge in [0.1, 0.15) is 0 Å². The molecule has 0 aromatic rings. The molecular formula is C5H7N3O2S. The van der Waals surface area contributed by atoms with Gasteiger partial charge in [-0.3, -0.25) is 14.9 Å². The molecule has 6 heteroatoms. The Morgan fingerprint density at radius 3 is 2.73 bits per heavy atom. The third-order valence-corrected chi connectivity index (χ3v) is 1.34. The summed E-state index contributed by atoms with van der Waals surface area (Å²) >= 11 is 4.63. The molecule has 2 amide bonds. The molecule has 0 aromatic carbocycles. The molecule has 5 nitrogen and oxygen atoms in total. The van der Waals surface area contributed by atoms with Gasteiger partial charge >= 0.3 is 0 Å².